The van der Waals surface area contributed by atoms with Gasteiger partial charge in [-0.1, -0.05) is 0 Å². The number of rotatable bonds is 4. The molecule has 1 aliphatic rings. The largest absolute Gasteiger partial charge is 0.261 e. The lowest BCUT2D eigenvalue weighted by Gasteiger charge is -2.15. The van der Waals surface area contributed by atoms with Crippen molar-refractivity contribution in [3.05, 3.63) is 29.8 Å². The zero-order chi connectivity index (χ0) is 17.5. The van der Waals surface area contributed by atoms with Gasteiger partial charge in [-0.15, -0.1) is 0 Å². The van der Waals surface area contributed by atoms with E-state index in [0.29, 0.717) is 18.9 Å². The molecule has 130 valence electrons. The summed E-state index contributed by atoms with van der Waals surface area (Å²) >= 11 is 0. The highest BCUT2D eigenvalue weighted by atomic mass is 32.2. The molecule has 0 aliphatic carbocycles. The van der Waals surface area contributed by atoms with Crippen LogP contribution in [0.25, 0.3) is 11.4 Å². The van der Waals surface area contributed by atoms with Crippen molar-refractivity contribution in [1.82, 2.24) is 24.1 Å². The van der Waals surface area contributed by atoms with Crippen LogP contribution in [0.2, 0.25) is 0 Å². The van der Waals surface area contributed by atoms with Crippen LogP contribution in [0.5, 0.6) is 0 Å². The Bertz CT molecular complexity index is 844. The van der Waals surface area contributed by atoms with Crippen LogP contribution in [0, 0.1) is 6.92 Å². The van der Waals surface area contributed by atoms with E-state index in [4.69, 9.17) is 0 Å². The second-order valence-corrected chi connectivity index (χ2v) is 8.57. The van der Waals surface area contributed by atoms with Gasteiger partial charge in [0.2, 0.25) is 10.0 Å². The summed E-state index contributed by atoms with van der Waals surface area (Å²) in [6.07, 6.45) is 3.81. The summed E-state index contributed by atoms with van der Waals surface area (Å²) in [5, 5.41) is 4.36. The Labute approximate surface area is 142 Å². The van der Waals surface area contributed by atoms with Crippen molar-refractivity contribution in [3.63, 3.8) is 0 Å². The maximum Gasteiger partial charge on any atom is 0.211 e. The molecule has 0 saturated carbocycles. The highest BCUT2D eigenvalue weighted by Gasteiger charge is 2.30. The van der Waals surface area contributed by atoms with Gasteiger partial charge in [0.25, 0.3) is 0 Å². The van der Waals surface area contributed by atoms with E-state index >= 15 is 0 Å². The molecule has 0 spiro atoms. The predicted molar refractivity (Wildman–Crippen MR) is 92.1 cm³/mol. The quantitative estimate of drug-likeness (QED) is 0.843. The maximum atomic E-state index is 11.7. The second-order valence-electron chi connectivity index (χ2n) is 6.59. The van der Waals surface area contributed by atoms with E-state index in [1.807, 2.05) is 23.7 Å². The third-order valence-corrected chi connectivity index (χ3v) is 5.59. The first-order valence-corrected chi connectivity index (χ1v) is 9.95. The van der Waals surface area contributed by atoms with Gasteiger partial charge in [0, 0.05) is 36.9 Å². The lowest BCUT2D eigenvalue weighted by Crippen LogP contribution is -2.27. The van der Waals surface area contributed by atoms with Gasteiger partial charge in [0.15, 0.2) is 0 Å². The van der Waals surface area contributed by atoms with E-state index < -0.39 is 10.0 Å². The Balaban J connectivity index is 1.95. The fourth-order valence-corrected chi connectivity index (χ4v) is 4.02. The van der Waals surface area contributed by atoms with Gasteiger partial charge in [0.05, 0.1) is 17.6 Å². The molecule has 2 aromatic heterocycles. The second kappa shape index (κ2) is 6.25. The highest BCUT2D eigenvalue weighted by Crippen LogP contribution is 2.30. The van der Waals surface area contributed by atoms with E-state index in [-0.39, 0.29) is 12.0 Å². The van der Waals surface area contributed by atoms with Crippen molar-refractivity contribution >= 4 is 10.0 Å². The van der Waals surface area contributed by atoms with E-state index in [0.717, 1.165) is 23.5 Å². The van der Waals surface area contributed by atoms with Gasteiger partial charge in [-0.2, -0.15) is 5.10 Å². The number of hydrogen-bond acceptors (Lipinski definition) is 5. The average molecular weight is 349 g/mol. The minimum absolute atomic E-state index is 0.107. The van der Waals surface area contributed by atoms with E-state index in [2.05, 4.69) is 28.9 Å². The third-order valence-electron chi connectivity index (χ3n) is 4.32. The minimum atomic E-state index is -3.15. The number of aryl methyl sites for hydroxylation is 1. The first-order chi connectivity index (χ1) is 11.3. The standard InChI is InChI=1S/C16H23N5O2S/c1-11(2)21-16(5-7-17-21)15-9-14(18-12(3)19-15)13-6-8-20(10-13)24(4,22)23/h5,7,9,11,13H,6,8,10H2,1-4H3/t13-/m1/s1. The summed E-state index contributed by atoms with van der Waals surface area (Å²) < 4.78 is 26.9. The van der Waals surface area contributed by atoms with Crippen molar-refractivity contribution in [2.45, 2.75) is 39.2 Å². The summed E-state index contributed by atoms with van der Waals surface area (Å²) in [6.45, 7) is 7.05. The van der Waals surface area contributed by atoms with Gasteiger partial charge < -0.3 is 0 Å². The van der Waals surface area contributed by atoms with Crippen LogP contribution >= 0.6 is 0 Å². The summed E-state index contributed by atoms with van der Waals surface area (Å²) in [6, 6.07) is 4.16. The molecule has 0 radical (unpaired) electrons. The molecule has 0 N–H and O–H groups in total. The predicted octanol–water partition coefficient (Wildman–Crippen LogP) is 1.98. The normalized spacial score (nSPS) is 19.3. The zero-order valence-corrected chi connectivity index (χ0v) is 15.3. The first kappa shape index (κ1) is 17.0. The molecule has 1 aliphatic heterocycles. The Hall–Kier alpha value is -1.80. The van der Waals surface area contributed by atoms with Crippen molar-refractivity contribution in [3.8, 4) is 11.4 Å². The zero-order valence-electron chi connectivity index (χ0n) is 14.5. The molecule has 0 bridgehead atoms. The smallest absolute Gasteiger partial charge is 0.211 e. The van der Waals surface area contributed by atoms with Crippen LogP contribution in [-0.2, 0) is 10.0 Å². The highest BCUT2D eigenvalue weighted by molar-refractivity contribution is 7.88. The van der Waals surface area contributed by atoms with Crippen molar-refractivity contribution in [1.29, 1.82) is 0 Å². The number of nitrogens with zero attached hydrogens (tertiary/aromatic N) is 5. The van der Waals surface area contributed by atoms with E-state index in [1.54, 1.807) is 6.20 Å². The van der Waals surface area contributed by atoms with Crippen LogP contribution in [0.3, 0.4) is 0 Å². The number of hydrogen-bond donors (Lipinski definition) is 0. The van der Waals surface area contributed by atoms with Crippen LogP contribution in [0.4, 0.5) is 0 Å². The van der Waals surface area contributed by atoms with Gasteiger partial charge in [-0.25, -0.2) is 22.7 Å². The van der Waals surface area contributed by atoms with Gasteiger partial charge in [-0.05, 0) is 39.3 Å². The molecule has 0 unspecified atom stereocenters. The lowest BCUT2D eigenvalue weighted by atomic mass is 10.0. The van der Waals surface area contributed by atoms with E-state index in [9.17, 15) is 8.42 Å². The maximum absolute atomic E-state index is 11.7. The van der Waals surface area contributed by atoms with Gasteiger partial charge in [0.1, 0.15) is 5.82 Å². The Kier molecular flexibility index (Phi) is 4.44. The topological polar surface area (TPSA) is 81.0 Å². The molecular weight excluding hydrogens is 326 g/mol. The van der Waals surface area contributed by atoms with Crippen LogP contribution in [0.1, 0.15) is 43.7 Å². The molecule has 2 aromatic rings. The molecule has 0 aromatic carbocycles. The van der Waals surface area contributed by atoms with Crippen molar-refractivity contribution < 1.29 is 8.42 Å². The first-order valence-electron chi connectivity index (χ1n) is 8.10. The summed E-state index contributed by atoms with van der Waals surface area (Å²) in [7, 11) is -3.15. The fraction of sp³-hybridized carbons (Fsp3) is 0.562. The Morgan fingerprint density at radius 3 is 2.67 bits per heavy atom. The van der Waals surface area contributed by atoms with Gasteiger partial charge >= 0.3 is 0 Å². The molecule has 1 atom stereocenters. The molecule has 24 heavy (non-hydrogen) atoms. The van der Waals surface area contributed by atoms with Crippen molar-refractivity contribution in [2.75, 3.05) is 19.3 Å². The minimum Gasteiger partial charge on any atom is -0.261 e. The van der Waals surface area contributed by atoms with Gasteiger partial charge in [-0.3, -0.25) is 4.68 Å². The van der Waals surface area contributed by atoms with E-state index in [1.165, 1.54) is 10.6 Å². The number of sulfonamides is 1. The monoisotopic (exact) mass is 349 g/mol. The Morgan fingerprint density at radius 1 is 1.29 bits per heavy atom. The molecular formula is C16H23N5O2S. The lowest BCUT2D eigenvalue weighted by molar-refractivity contribution is 0.477. The molecule has 1 fully saturated rings. The summed E-state index contributed by atoms with van der Waals surface area (Å²) in [4.78, 5) is 9.11. The van der Waals surface area contributed by atoms with Crippen LogP contribution in [0.15, 0.2) is 18.3 Å². The number of aromatic nitrogens is 4. The summed E-state index contributed by atoms with van der Waals surface area (Å²) in [5.74, 6) is 0.799. The van der Waals surface area contributed by atoms with Crippen LogP contribution in [-0.4, -0.2) is 51.8 Å². The SMILES string of the molecule is Cc1nc(-c2ccnn2C(C)C)cc([C@@H]2CCN(S(C)(=O)=O)C2)n1. The fourth-order valence-electron chi connectivity index (χ4n) is 3.13. The average Bonchev–Trinajstić information content (AvgIpc) is 3.15. The molecule has 1 saturated heterocycles. The van der Waals surface area contributed by atoms with Crippen molar-refractivity contribution in [2.24, 2.45) is 0 Å². The molecule has 8 heteroatoms. The summed E-state index contributed by atoms with van der Waals surface area (Å²) in [5.41, 5.74) is 2.69. The Morgan fingerprint density at radius 2 is 2.04 bits per heavy atom. The molecule has 7 nitrogen and oxygen atoms in total. The van der Waals surface area contributed by atoms with Crippen LogP contribution < -0.4 is 0 Å². The third kappa shape index (κ3) is 3.34. The molecule has 3 rings (SSSR count). The molecule has 3 heterocycles. The molecule has 0 amide bonds.